The van der Waals surface area contributed by atoms with Crippen LogP contribution in [0.15, 0.2) is 71.3 Å². The number of aromatic hydroxyl groups is 2. The molecule has 224 valence electrons. The Labute approximate surface area is 250 Å². The highest BCUT2D eigenvalue weighted by molar-refractivity contribution is 6.18. The van der Waals surface area contributed by atoms with E-state index in [-0.39, 0.29) is 66.6 Å². The molecule has 2 aromatic rings. The van der Waals surface area contributed by atoms with Gasteiger partial charge in [0, 0.05) is 41.4 Å². The molecule has 0 amide bonds. The number of hydrogen-bond donors (Lipinski definition) is 2. The van der Waals surface area contributed by atoms with Gasteiger partial charge in [-0.1, -0.05) is 59.7 Å². The summed E-state index contributed by atoms with van der Waals surface area (Å²) in [4.78, 5) is 41.5. The van der Waals surface area contributed by atoms with Gasteiger partial charge in [-0.25, -0.2) is 0 Å². The van der Waals surface area contributed by atoms with Gasteiger partial charge >= 0.3 is 5.97 Å². The van der Waals surface area contributed by atoms with E-state index in [9.17, 15) is 24.6 Å². The lowest BCUT2D eigenvalue weighted by Crippen LogP contribution is -2.74. The van der Waals surface area contributed by atoms with Crippen LogP contribution < -0.4 is 4.74 Å². The van der Waals surface area contributed by atoms with Gasteiger partial charge in [-0.05, 0) is 39.7 Å². The van der Waals surface area contributed by atoms with Gasteiger partial charge in [0.1, 0.15) is 22.8 Å². The smallest absolute Gasteiger partial charge is 0.310 e. The Kier molecular flexibility index (Phi) is 7.08. The van der Waals surface area contributed by atoms with Crippen LogP contribution in [-0.4, -0.2) is 52.2 Å². The van der Waals surface area contributed by atoms with Crippen LogP contribution in [0.25, 0.3) is 0 Å². The molecule has 5 atom stereocenters. The van der Waals surface area contributed by atoms with E-state index in [1.807, 2.05) is 70.2 Å². The van der Waals surface area contributed by atoms with Crippen molar-refractivity contribution in [2.24, 2.45) is 17.8 Å². The predicted octanol–water partition coefficient (Wildman–Crippen LogP) is 5.20. The summed E-state index contributed by atoms with van der Waals surface area (Å²) in [7, 11) is 0. The summed E-state index contributed by atoms with van der Waals surface area (Å²) in [5.74, 6) is -3.35. The molecule has 4 bridgehead atoms. The molecule has 1 saturated carbocycles. The highest BCUT2D eigenvalue weighted by atomic mass is 16.6. The molecule has 0 radical (unpaired) electrons. The van der Waals surface area contributed by atoms with E-state index in [1.165, 1.54) is 0 Å². The lowest BCUT2D eigenvalue weighted by molar-refractivity contribution is -0.174. The number of carbonyl (C=O) groups excluding carboxylic acids is 3. The van der Waals surface area contributed by atoms with Crippen LogP contribution in [0.1, 0.15) is 55.6 Å². The first kappa shape index (κ1) is 28.9. The van der Waals surface area contributed by atoms with E-state index >= 15 is 0 Å². The number of hydrogen-bond acceptors (Lipinski definition) is 8. The Morgan fingerprint density at radius 3 is 2.47 bits per heavy atom. The quantitative estimate of drug-likeness (QED) is 0.321. The standard InChI is InChI=1S/C35H36O8/c1-19(2)10-11-22-27(36)16-28(37)30-31(39)25-15-23-24(17-41-29(38)14-21-8-6-5-7-9-21)26-18-42-34(33(23)40,13-12-20(3)4)35(25,26)43-32(22)30/h5-10,12,15-16,23-24,26,36-37H,11,13-14,17-18H2,1-4H3/t23-,24+,26-,34+,35-/m1/s1. The first-order valence-electron chi connectivity index (χ1n) is 14.7. The van der Waals surface area contributed by atoms with Crippen molar-refractivity contribution >= 4 is 17.5 Å². The summed E-state index contributed by atoms with van der Waals surface area (Å²) in [6, 6.07) is 10.4. The van der Waals surface area contributed by atoms with Crippen molar-refractivity contribution in [1.82, 2.24) is 0 Å². The highest BCUT2D eigenvalue weighted by Gasteiger charge is 2.79. The number of ketones is 2. The molecule has 2 heterocycles. The molecule has 8 nitrogen and oxygen atoms in total. The molecule has 2 N–H and O–H groups in total. The molecular formula is C35H36O8. The third-order valence-electron chi connectivity index (χ3n) is 9.27. The van der Waals surface area contributed by atoms with Crippen molar-refractivity contribution in [1.29, 1.82) is 0 Å². The van der Waals surface area contributed by atoms with Gasteiger partial charge < -0.3 is 24.4 Å². The lowest BCUT2D eigenvalue weighted by Gasteiger charge is -2.58. The average molecular weight is 585 g/mol. The second-order valence-electron chi connectivity index (χ2n) is 12.5. The number of ether oxygens (including phenoxy) is 3. The highest BCUT2D eigenvalue weighted by Crippen LogP contribution is 2.65. The van der Waals surface area contributed by atoms with E-state index in [0.29, 0.717) is 5.56 Å². The van der Waals surface area contributed by atoms with Crippen LogP contribution >= 0.6 is 0 Å². The molecule has 3 aliphatic carbocycles. The fraction of sp³-hybridized carbons (Fsp3) is 0.400. The van der Waals surface area contributed by atoms with Gasteiger partial charge in [-0.15, -0.1) is 0 Å². The van der Waals surface area contributed by atoms with Gasteiger partial charge in [0.15, 0.2) is 22.8 Å². The maximum atomic E-state index is 14.4. The number of phenolic OH excluding ortho intramolecular Hbond substituents is 2. The fourth-order valence-electron chi connectivity index (χ4n) is 7.21. The second kappa shape index (κ2) is 10.5. The number of carbonyl (C=O) groups is 3. The largest absolute Gasteiger partial charge is 0.507 e. The number of esters is 1. The number of allylic oxidation sites excluding steroid dienone is 4. The van der Waals surface area contributed by atoms with Crippen molar-refractivity contribution in [3.05, 3.63) is 88.0 Å². The molecule has 7 rings (SSSR count). The summed E-state index contributed by atoms with van der Waals surface area (Å²) in [6.07, 6.45) is 5.98. The van der Waals surface area contributed by atoms with E-state index in [4.69, 9.17) is 14.2 Å². The predicted molar refractivity (Wildman–Crippen MR) is 158 cm³/mol. The lowest BCUT2D eigenvalue weighted by atomic mass is 9.49. The normalized spacial score (nSPS) is 27.9. The summed E-state index contributed by atoms with van der Waals surface area (Å²) in [5.41, 5.74) is 0.369. The van der Waals surface area contributed by atoms with Crippen LogP contribution in [0.3, 0.4) is 0 Å². The molecule has 2 aromatic carbocycles. The SMILES string of the molecule is CC(C)=CCc1c(O)cc(O)c2c1O[C@@]13C(=C[C@H]4C(=O)[C@]1(CC=C(C)C)OC[C@@H]3[C@H]4COC(=O)Cc1ccccc1)C2=O. The molecule has 0 aromatic heterocycles. The summed E-state index contributed by atoms with van der Waals surface area (Å²) < 4.78 is 19.1. The maximum absolute atomic E-state index is 14.4. The number of phenols is 2. The zero-order chi connectivity index (χ0) is 30.7. The first-order valence-corrected chi connectivity index (χ1v) is 14.7. The molecule has 1 saturated heterocycles. The number of fused-ring (bicyclic) bond motifs is 1. The number of Topliss-reactive ketones (excluding diaryl/α,β-unsaturated/α-hetero) is 2. The molecule has 2 aliphatic heterocycles. The van der Waals surface area contributed by atoms with Crippen LogP contribution in [0, 0.1) is 17.8 Å². The summed E-state index contributed by atoms with van der Waals surface area (Å²) >= 11 is 0. The zero-order valence-electron chi connectivity index (χ0n) is 24.8. The summed E-state index contributed by atoms with van der Waals surface area (Å²) in [6.45, 7) is 7.77. The van der Waals surface area contributed by atoms with E-state index < -0.39 is 40.7 Å². The number of rotatable bonds is 8. The van der Waals surface area contributed by atoms with Gasteiger partial charge in [0.05, 0.1) is 19.6 Å². The Bertz CT molecular complexity index is 1610. The third-order valence-corrected chi connectivity index (χ3v) is 9.27. The van der Waals surface area contributed by atoms with Crippen molar-refractivity contribution in [3.8, 4) is 17.2 Å². The van der Waals surface area contributed by atoms with Crippen LogP contribution in [-0.2, 0) is 31.9 Å². The monoisotopic (exact) mass is 584 g/mol. The molecule has 43 heavy (non-hydrogen) atoms. The van der Waals surface area contributed by atoms with Crippen molar-refractivity contribution in [3.63, 3.8) is 0 Å². The van der Waals surface area contributed by atoms with Crippen molar-refractivity contribution in [2.45, 2.75) is 58.2 Å². The van der Waals surface area contributed by atoms with Gasteiger partial charge in [-0.3, -0.25) is 14.4 Å². The van der Waals surface area contributed by atoms with E-state index in [2.05, 4.69) is 0 Å². The van der Waals surface area contributed by atoms with Gasteiger partial charge in [0.2, 0.25) is 0 Å². The summed E-state index contributed by atoms with van der Waals surface area (Å²) in [5, 5.41) is 21.8. The first-order chi connectivity index (χ1) is 20.5. The Morgan fingerprint density at radius 1 is 1.05 bits per heavy atom. The number of benzene rings is 2. The average Bonchev–Trinajstić information content (AvgIpc) is 3.24. The third kappa shape index (κ3) is 4.34. The zero-order valence-corrected chi connectivity index (χ0v) is 24.8. The van der Waals surface area contributed by atoms with Gasteiger partial charge in [0.25, 0.3) is 0 Å². The molecule has 5 aliphatic rings. The molecule has 8 heteroatoms. The van der Waals surface area contributed by atoms with Crippen LogP contribution in [0.4, 0.5) is 0 Å². The molecule has 2 fully saturated rings. The Morgan fingerprint density at radius 2 is 1.77 bits per heavy atom. The van der Waals surface area contributed by atoms with Crippen LogP contribution in [0.2, 0.25) is 0 Å². The topological polar surface area (TPSA) is 119 Å². The van der Waals surface area contributed by atoms with E-state index in [0.717, 1.165) is 22.8 Å². The molecule has 0 unspecified atom stereocenters. The minimum Gasteiger partial charge on any atom is -0.507 e. The fourth-order valence-corrected chi connectivity index (χ4v) is 7.21. The molecule has 1 spiro atoms. The van der Waals surface area contributed by atoms with Gasteiger partial charge in [-0.2, -0.15) is 0 Å². The second-order valence-corrected chi connectivity index (χ2v) is 12.5. The minimum atomic E-state index is -1.52. The van der Waals surface area contributed by atoms with Crippen LogP contribution in [0.5, 0.6) is 17.2 Å². The minimum absolute atomic E-state index is 0.0329. The van der Waals surface area contributed by atoms with E-state index in [1.54, 1.807) is 6.08 Å². The Balaban J connectivity index is 1.45. The van der Waals surface area contributed by atoms with Crippen molar-refractivity contribution in [2.75, 3.05) is 13.2 Å². The molecular weight excluding hydrogens is 548 g/mol. The maximum Gasteiger partial charge on any atom is 0.310 e. The Hall–Kier alpha value is -4.17. The van der Waals surface area contributed by atoms with Crippen molar-refractivity contribution < 1.29 is 38.8 Å².